The van der Waals surface area contributed by atoms with Crippen molar-refractivity contribution in [2.24, 2.45) is 0 Å². The second kappa shape index (κ2) is 4.74. The number of rotatable bonds is 3. The summed E-state index contributed by atoms with van der Waals surface area (Å²) in [5.74, 6) is -0.0763. The van der Waals surface area contributed by atoms with E-state index in [1.165, 1.54) is 11.1 Å². The largest absolute Gasteiger partial charge is 0.343 e. The first kappa shape index (κ1) is 11.9. The number of hydrogen-bond acceptors (Lipinski definition) is 2. The molecule has 3 heteroatoms. The van der Waals surface area contributed by atoms with Crippen molar-refractivity contribution in [2.45, 2.75) is 26.1 Å². The molecule has 0 aliphatic carbocycles. The summed E-state index contributed by atoms with van der Waals surface area (Å²) in [6, 6.07) is 6.30. The third-order valence-corrected chi connectivity index (χ3v) is 3.31. The first-order chi connectivity index (χ1) is 7.68. The number of alkyl halides is 1. The molecule has 0 saturated carbocycles. The lowest BCUT2D eigenvalue weighted by atomic mass is 9.98. The van der Waals surface area contributed by atoms with Gasteiger partial charge in [-0.05, 0) is 25.0 Å². The Balaban J connectivity index is 2.35. The highest BCUT2D eigenvalue weighted by molar-refractivity contribution is 6.17. The Morgan fingerprint density at radius 1 is 1.19 bits per heavy atom. The molecule has 1 aromatic rings. The minimum absolute atomic E-state index is 0.535. The van der Waals surface area contributed by atoms with Gasteiger partial charge in [0, 0.05) is 17.9 Å². The summed E-state index contributed by atoms with van der Waals surface area (Å²) in [6.45, 7) is 5.49. The Hall–Kier alpha value is -0.570. The molecule has 2 rings (SSSR count). The van der Waals surface area contributed by atoms with Gasteiger partial charge in [0.05, 0.1) is 13.2 Å². The zero-order valence-corrected chi connectivity index (χ0v) is 10.5. The summed E-state index contributed by atoms with van der Waals surface area (Å²) in [5, 5.41) is 0. The van der Waals surface area contributed by atoms with Crippen LogP contribution < -0.4 is 0 Å². The second-order valence-electron chi connectivity index (χ2n) is 4.19. The van der Waals surface area contributed by atoms with E-state index in [4.69, 9.17) is 21.1 Å². The lowest BCUT2D eigenvalue weighted by Gasteiger charge is -2.27. The Bertz CT molecular complexity index is 370. The Morgan fingerprint density at radius 3 is 2.44 bits per heavy atom. The maximum atomic E-state index is 5.83. The molecule has 0 aromatic heterocycles. The molecule has 1 aromatic carbocycles. The average Bonchev–Trinajstić information content (AvgIpc) is 2.72. The van der Waals surface area contributed by atoms with Gasteiger partial charge in [0.2, 0.25) is 0 Å². The van der Waals surface area contributed by atoms with Gasteiger partial charge in [-0.3, -0.25) is 0 Å². The van der Waals surface area contributed by atoms with Crippen LogP contribution >= 0.6 is 11.6 Å². The van der Waals surface area contributed by atoms with E-state index in [1.807, 2.05) is 0 Å². The number of benzene rings is 1. The smallest absolute Gasteiger partial charge is 0.196 e. The Morgan fingerprint density at radius 2 is 1.88 bits per heavy atom. The average molecular weight is 241 g/mol. The van der Waals surface area contributed by atoms with Gasteiger partial charge >= 0.3 is 0 Å². The molecule has 0 N–H and O–H groups in total. The lowest BCUT2D eigenvalue weighted by molar-refractivity contribution is -0.167. The molecule has 1 aliphatic rings. The third kappa shape index (κ3) is 2.10. The highest BCUT2D eigenvalue weighted by atomic mass is 35.5. The zero-order chi connectivity index (χ0) is 11.6. The molecular formula is C13H17ClO2. The van der Waals surface area contributed by atoms with Gasteiger partial charge in [-0.25, -0.2) is 0 Å². The molecule has 88 valence electrons. The first-order valence-electron chi connectivity index (χ1n) is 5.59. The van der Waals surface area contributed by atoms with Crippen LogP contribution in [0.25, 0.3) is 0 Å². The van der Waals surface area contributed by atoms with Crippen LogP contribution in [0.3, 0.4) is 0 Å². The van der Waals surface area contributed by atoms with Gasteiger partial charge in [-0.2, -0.15) is 0 Å². The van der Waals surface area contributed by atoms with Crippen molar-refractivity contribution in [1.82, 2.24) is 0 Å². The summed E-state index contributed by atoms with van der Waals surface area (Å²) in [6.07, 6.45) is 0.692. The molecular weight excluding hydrogens is 224 g/mol. The molecule has 16 heavy (non-hydrogen) atoms. The predicted octanol–water partition coefficient (Wildman–Crippen LogP) is 3.13. The van der Waals surface area contributed by atoms with Gasteiger partial charge in [0.25, 0.3) is 0 Å². The lowest BCUT2D eigenvalue weighted by Crippen LogP contribution is -2.27. The minimum Gasteiger partial charge on any atom is -0.343 e. The summed E-state index contributed by atoms with van der Waals surface area (Å²) in [4.78, 5) is 0. The van der Waals surface area contributed by atoms with Crippen LogP contribution in [0.1, 0.15) is 23.1 Å². The molecule has 0 spiro atoms. The van der Waals surface area contributed by atoms with E-state index in [9.17, 15) is 0 Å². The summed E-state index contributed by atoms with van der Waals surface area (Å²) < 4.78 is 11.5. The molecule has 0 atom stereocenters. The van der Waals surface area contributed by atoms with E-state index in [-0.39, 0.29) is 0 Å². The van der Waals surface area contributed by atoms with Crippen molar-refractivity contribution in [3.63, 3.8) is 0 Å². The van der Waals surface area contributed by atoms with Gasteiger partial charge in [0.15, 0.2) is 5.79 Å². The molecule has 0 unspecified atom stereocenters. The normalized spacial score (nSPS) is 18.9. The second-order valence-corrected chi connectivity index (χ2v) is 4.57. The van der Waals surface area contributed by atoms with Crippen LogP contribution in [0, 0.1) is 13.8 Å². The monoisotopic (exact) mass is 240 g/mol. The number of aryl methyl sites for hydroxylation is 2. The van der Waals surface area contributed by atoms with Crippen molar-refractivity contribution < 1.29 is 9.47 Å². The quantitative estimate of drug-likeness (QED) is 0.756. The van der Waals surface area contributed by atoms with E-state index in [0.717, 1.165) is 5.56 Å². The molecule has 2 nitrogen and oxygen atoms in total. The van der Waals surface area contributed by atoms with Crippen LogP contribution in [0.2, 0.25) is 0 Å². The van der Waals surface area contributed by atoms with Crippen LogP contribution in [0.15, 0.2) is 18.2 Å². The molecule has 1 aliphatic heterocycles. The minimum atomic E-state index is -0.611. The standard InChI is InChI=1S/C13H17ClO2/c1-10-3-4-12(9-11(10)2)13(5-6-14)15-7-8-16-13/h3-4,9H,5-8H2,1-2H3. The summed E-state index contributed by atoms with van der Waals surface area (Å²) in [7, 11) is 0. The molecule has 1 heterocycles. The number of halogens is 1. The zero-order valence-electron chi connectivity index (χ0n) is 9.75. The van der Waals surface area contributed by atoms with Crippen molar-refractivity contribution >= 4 is 11.6 Å². The fraction of sp³-hybridized carbons (Fsp3) is 0.538. The van der Waals surface area contributed by atoms with E-state index < -0.39 is 5.79 Å². The van der Waals surface area contributed by atoms with Gasteiger partial charge in [-0.15, -0.1) is 11.6 Å². The number of hydrogen-bond donors (Lipinski definition) is 0. The highest BCUT2D eigenvalue weighted by Gasteiger charge is 2.37. The molecule has 0 radical (unpaired) electrons. The Labute approximate surface area is 102 Å². The molecule has 1 fully saturated rings. The van der Waals surface area contributed by atoms with Crippen molar-refractivity contribution in [3.05, 3.63) is 34.9 Å². The van der Waals surface area contributed by atoms with Crippen LogP contribution in [0.4, 0.5) is 0 Å². The maximum Gasteiger partial charge on any atom is 0.196 e. The van der Waals surface area contributed by atoms with Crippen LogP contribution in [-0.2, 0) is 15.3 Å². The molecule has 0 amide bonds. The van der Waals surface area contributed by atoms with Crippen LogP contribution in [0.5, 0.6) is 0 Å². The van der Waals surface area contributed by atoms with Gasteiger partial charge in [-0.1, -0.05) is 18.2 Å². The van der Waals surface area contributed by atoms with E-state index in [0.29, 0.717) is 25.5 Å². The molecule has 0 bridgehead atoms. The van der Waals surface area contributed by atoms with Gasteiger partial charge in [0.1, 0.15) is 0 Å². The van der Waals surface area contributed by atoms with E-state index >= 15 is 0 Å². The summed E-state index contributed by atoms with van der Waals surface area (Å²) in [5.41, 5.74) is 3.61. The molecule has 1 saturated heterocycles. The van der Waals surface area contributed by atoms with Crippen LogP contribution in [-0.4, -0.2) is 19.1 Å². The highest BCUT2D eigenvalue weighted by Crippen LogP contribution is 2.35. The van der Waals surface area contributed by atoms with Crippen molar-refractivity contribution in [3.8, 4) is 0 Å². The third-order valence-electron chi connectivity index (χ3n) is 3.12. The number of ether oxygens (including phenoxy) is 2. The fourth-order valence-electron chi connectivity index (χ4n) is 2.01. The first-order valence-corrected chi connectivity index (χ1v) is 6.13. The Kier molecular flexibility index (Phi) is 3.53. The van der Waals surface area contributed by atoms with E-state index in [1.54, 1.807) is 0 Å². The fourth-order valence-corrected chi connectivity index (χ4v) is 2.26. The predicted molar refractivity (Wildman–Crippen MR) is 64.8 cm³/mol. The maximum absolute atomic E-state index is 5.83. The van der Waals surface area contributed by atoms with Crippen molar-refractivity contribution in [1.29, 1.82) is 0 Å². The van der Waals surface area contributed by atoms with Crippen molar-refractivity contribution in [2.75, 3.05) is 19.1 Å². The van der Waals surface area contributed by atoms with E-state index in [2.05, 4.69) is 32.0 Å². The topological polar surface area (TPSA) is 18.5 Å². The van der Waals surface area contributed by atoms with Gasteiger partial charge < -0.3 is 9.47 Å². The summed E-state index contributed by atoms with van der Waals surface area (Å²) >= 11 is 5.83. The SMILES string of the molecule is Cc1ccc(C2(CCCl)OCCO2)cc1C.